The summed E-state index contributed by atoms with van der Waals surface area (Å²) in [6.45, 7) is 1.30. The maximum Gasteiger partial charge on any atom is 0.257 e. The number of amides is 1. The second kappa shape index (κ2) is 5.73. The lowest BCUT2D eigenvalue weighted by Crippen LogP contribution is -2.44. The number of hydrogen-bond donors (Lipinski definition) is 0. The minimum Gasteiger partial charge on any atom is -0.472 e. The number of ether oxygens (including phenoxy) is 1. The van der Waals surface area contributed by atoms with E-state index in [-0.39, 0.29) is 12.0 Å². The quantitative estimate of drug-likeness (QED) is 0.852. The molecule has 104 valence electrons. The highest BCUT2D eigenvalue weighted by atomic mass is 16.5. The van der Waals surface area contributed by atoms with Crippen molar-refractivity contribution in [1.82, 2.24) is 15.1 Å². The highest BCUT2D eigenvalue weighted by Gasteiger charge is 2.26. The Morgan fingerprint density at radius 3 is 3.15 bits per heavy atom. The molecular weight excluding hydrogens is 258 g/mol. The summed E-state index contributed by atoms with van der Waals surface area (Å²) in [6, 6.07) is 5.22. The predicted molar refractivity (Wildman–Crippen MR) is 70.3 cm³/mol. The van der Waals surface area contributed by atoms with Crippen molar-refractivity contribution in [1.29, 1.82) is 0 Å². The van der Waals surface area contributed by atoms with Crippen LogP contribution in [-0.4, -0.2) is 40.2 Å². The molecule has 3 rings (SSSR count). The zero-order valence-corrected chi connectivity index (χ0v) is 10.9. The topological polar surface area (TPSA) is 68.5 Å². The number of hydrogen-bond acceptors (Lipinski definition) is 5. The molecule has 1 aliphatic rings. The Morgan fingerprint density at radius 1 is 1.45 bits per heavy atom. The van der Waals surface area contributed by atoms with Crippen LogP contribution in [0.4, 0.5) is 0 Å². The molecule has 0 aromatic carbocycles. The van der Waals surface area contributed by atoms with E-state index in [1.807, 2.05) is 0 Å². The van der Waals surface area contributed by atoms with Gasteiger partial charge in [-0.05, 0) is 25.0 Å². The molecule has 1 amide bonds. The lowest BCUT2D eigenvalue weighted by molar-refractivity contribution is 0.0525. The van der Waals surface area contributed by atoms with Crippen molar-refractivity contribution in [3.8, 4) is 5.88 Å². The van der Waals surface area contributed by atoms with E-state index in [4.69, 9.17) is 9.15 Å². The summed E-state index contributed by atoms with van der Waals surface area (Å²) in [6.07, 6.45) is 6.35. The lowest BCUT2D eigenvalue weighted by atomic mass is 10.1. The van der Waals surface area contributed by atoms with Crippen molar-refractivity contribution in [2.45, 2.75) is 18.9 Å². The molecule has 0 aliphatic carbocycles. The molecule has 0 unspecified atom stereocenters. The fourth-order valence-corrected chi connectivity index (χ4v) is 2.31. The van der Waals surface area contributed by atoms with Gasteiger partial charge in [0.15, 0.2) is 0 Å². The maximum absolute atomic E-state index is 12.2. The largest absolute Gasteiger partial charge is 0.472 e. The summed E-state index contributed by atoms with van der Waals surface area (Å²) >= 11 is 0. The summed E-state index contributed by atoms with van der Waals surface area (Å²) < 4.78 is 10.7. The van der Waals surface area contributed by atoms with Gasteiger partial charge in [-0.3, -0.25) is 4.79 Å². The third kappa shape index (κ3) is 2.79. The molecular formula is C14H15N3O3. The molecule has 0 radical (unpaired) electrons. The van der Waals surface area contributed by atoms with Gasteiger partial charge in [-0.15, -0.1) is 5.10 Å². The maximum atomic E-state index is 12.2. The number of nitrogens with zero attached hydrogens (tertiary/aromatic N) is 3. The van der Waals surface area contributed by atoms with Gasteiger partial charge in [0.1, 0.15) is 12.4 Å². The molecule has 1 atom stereocenters. The molecule has 3 heterocycles. The first-order valence-corrected chi connectivity index (χ1v) is 6.59. The second-order valence-corrected chi connectivity index (χ2v) is 4.71. The van der Waals surface area contributed by atoms with E-state index in [0.717, 1.165) is 19.4 Å². The summed E-state index contributed by atoms with van der Waals surface area (Å²) in [5.74, 6) is 0.473. The van der Waals surface area contributed by atoms with E-state index in [1.165, 1.54) is 12.5 Å². The Balaban J connectivity index is 1.63. The number of carbonyl (C=O) groups is 1. The zero-order valence-electron chi connectivity index (χ0n) is 10.9. The van der Waals surface area contributed by atoms with E-state index in [2.05, 4.69) is 10.2 Å². The highest BCUT2D eigenvalue weighted by Crippen LogP contribution is 2.18. The van der Waals surface area contributed by atoms with Crippen LogP contribution in [0.25, 0.3) is 0 Å². The average molecular weight is 273 g/mol. The molecule has 2 aromatic rings. The number of likely N-dealkylation sites (tertiary alicyclic amines) is 1. The van der Waals surface area contributed by atoms with Gasteiger partial charge in [0, 0.05) is 18.8 Å². The van der Waals surface area contributed by atoms with Crippen molar-refractivity contribution in [2.75, 3.05) is 13.1 Å². The van der Waals surface area contributed by atoms with E-state index >= 15 is 0 Å². The van der Waals surface area contributed by atoms with Crippen molar-refractivity contribution in [3.63, 3.8) is 0 Å². The van der Waals surface area contributed by atoms with E-state index in [1.54, 1.807) is 29.3 Å². The van der Waals surface area contributed by atoms with Crippen molar-refractivity contribution < 1.29 is 13.9 Å². The van der Waals surface area contributed by atoms with Crippen LogP contribution in [0.3, 0.4) is 0 Å². The Morgan fingerprint density at radius 2 is 2.40 bits per heavy atom. The number of rotatable bonds is 3. The summed E-state index contributed by atoms with van der Waals surface area (Å²) in [7, 11) is 0. The Bertz CT molecular complexity index is 556. The highest BCUT2D eigenvalue weighted by molar-refractivity contribution is 5.93. The molecule has 1 aliphatic heterocycles. The fraction of sp³-hybridized carbons (Fsp3) is 0.357. The summed E-state index contributed by atoms with van der Waals surface area (Å²) in [4.78, 5) is 14.0. The predicted octanol–water partition coefficient (Wildman–Crippen LogP) is 1.75. The molecule has 6 nitrogen and oxygen atoms in total. The van der Waals surface area contributed by atoms with Crippen molar-refractivity contribution >= 4 is 5.91 Å². The summed E-state index contributed by atoms with van der Waals surface area (Å²) in [5.41, 5.74) is 0.574. The SMILES string of the molecule is O=C(c1ccoc1)N1CCC[C@@H](Oc2cccnn2)C1. The second-order valence-electron chi connectivity index (χ2n) is 4.71. The normalized spacial score (nSPS) is 18.8. The van der Waals surface area contributed by atoms with Gasteiger partial charge in [0.25, 0.3) is 5.91 Å². The van der Waals surface area contributed by atoms with Gasteiger partial charge in [-0.2, -0.15) is 5.10 Å². The molecule has 0 N–H and O–H groups in total. The standard InChI is InChI=1S/C14H15N3O3/c18-14(11-5-8-19-10-11)17-7-2-3-12(9-17)20-13-4-1-6-15-16-13/h1,4-6,8,10,12H,2-3,7,9H2/t12-/m1/s1. The molecule has 0 spiro atoms. The van der Waals surface area contributed by atoms with Gasteiger partial charge in [-0.25, -0.2) is 0 Å². The minimum atomic E-state index is -0.0451. The van der Waals surface area contributed by atoms with Crippen LogP contribution >= 0.6 is 0 Å². The zero-order chi connectivity index (χ0) is 13.8. The minimum absolute atomic E-state index is 0.0220. The van der Waals surface area contributed by atoms with Crippen LogP contribution < -0.4 is 4.74 Å². The Kier molecular flexibility index (Phi) is 3.62. The molecule has 6 heteroatoms. The van der Waals surface area contributed by atoms with Crippen LogP contribution in [0.15, 0.2) is 41.3 Å². The smallest absolute Gasteiger partial charge is 0.257 e. The van der Waals surface area contributed by atoms with E-state index in [9.17, 15) is 4.79 Å². The van der Waals surface area contributed by atoms with Crippen molar-refractivity contribution in [2.24, 2.45) is 0 Å². The van der Waals surface area contributed by atoms with Gasteiger partial charge in [-0.1, -0.05) is 0 Å². The molecule has 2 aromatic heterocycles. The molecule has 0 saturated carbocycles. The number of furan rings is 1. The van der Waals surface area contributed by atoms with E-state index in [0.29, 0.717) is 18.0 Å². The average Bonchev–Trinajstić information content (AvgIpc) is 3.02. The molecule has 1 saturated heterocycles. The third-order valence-corrected chi connectivity index (χ3v) is 3.27. The van der Waals surface area contributed by atoms with Crippen LogP contribution in [-0.2, 0) is 0 Å². The number of piperidine rings is 1. The Labute approximate surface area is 116 Å². The number of carbonyl (C=O) groups excluding carboxylic acids is 1. The molecule has 0 bridgehead atoms. The van der Waals surface area contributed by atoms with Crippen molar-refractivity contribution in [3.05, 3.63) is 42.5 Å². The Hall–Kier alpha value is -2.37. The lowest BCUT2D eigenvalue weighted by Gasteiger charge is -2.32. The summed E-state index contributed by atoms with van der Waals surface area (Å²) in [5, 5.41) is 7.68. The van der Waals surface area contributed by atoms with Crippen LogP contribution in [0.5, 0.6) is 5.88 Å². The van der Waals surface area contributed by atoms with Gasteiger partial charge >= 0.3 is 0 Å². The van der Waals surface area contributed by atoms with Gasteiger partial charge in [0.05, 0.1) is 18.4 Å². The molecule has 20 heavy (non-hydrogen) atoms. The van der Waals surface area contributed by atoms with Gasteiger partial charge in [0.2, 0.25) is 5.88 Å². The van der Waals surface area contributed by atoms with Crippen LogP contribution in [0, 0.1) is 0 Å². The third-order valence-electron chi connectivity index (χ3n) is 3.27. The fourth-order valence-electron chi connectivity index (χ4n) is 2.31. The molecule has 1 fully saturated rings. The van der Waals surface area contributed by atoms with Gasteiger partial charge < -0.3 is 14.1 Å². The number of aromatic nitrogens is 2. The first-order chi connectivity index (χ1) is 9.83. The first-order valence-electron chi connectivity index (χ1n) is 6.59. The monoisotopic (exact) mass is 273 g/mol. The first kappa shape index (κ1) is 12.7. The van der Waals surface area contributed by atoms with E-state index < -0.39 is 0 Å². The van der Waals surface area contributed by atoms with Crippen LogP contribution in [0.2, 0.25) is 0 Å². The van der Waals surface area contributed by atoms with Crippen LogP contribution in [0.1, 0.15) is 23.2 Å².